The molecule has 0 aromatic heterocycles. The van der Waals surface area contributed by atoms with Gasteiger partial charge in [0.2, 0.25) is 0 Å². The predicted octanol–water partition coefficient (Wildman–Crippen LogP) is 3.37. The van der Waals surface area contributed by atoms with Gasteiger partial charge in [0.25, 0.3) is 0 Å². The number of hydrogen-bond acceptors (Lipinski definition) is 3. The molecule has 0 fully saturated rings. The van der Waals surface area contributed by atoms with E-state index in [-0.39, 0.29) is 0 Å². The molecule has 4 heteroatoms. The summed E-state index contributed by atoms with van der Waals surface area (Å²) in [5.41, 5.74) is 0.571. The van der Waals surface area contributed by atoms with E-state index in [1.165, 1.54) is 0 Å². The van der Waals surface area contributed by atoms with Gasteiger partial charge in [0, 0.05) is 17.3 Å². The van der Waals surface area contributed by atoms with Crippen LogP contribution >= 0.6 is 15.9 Å². The van der Waals surface area contributed by atoms with Crippen LogP contribution in [-0.2, 0) is 0 Å². The average molecular weight is 298 g/mol. The van der Waals surface area contributed by atoms with E-state index in [0.717, 1.165) is 11.8 Å². The summed E-state index contributed by atoms with van der Waals surface area (Å²) in [5.74, 6) is 1.77. The average Bonchev–Trinajstić information content (AvgIpc) is 2.39. The molecule has 1 unspecified atom stereocenters. The number of methoxy groups -OCH3 is 1. The molecule has 0 saturated heterocycles. The highest BCUT2D eigenvalue weighted by Gasteiger charge is 2.09. The Morgan fingerprint density at radius 3 is 2.71 bits per heavy atom. The van der Waals surface area contributed by atoms with Crippen molar-refractivity contribution in [2.24, 2.45) is 5.92 Å². The van der Waals surface area contributed by atoms with Crippen LogP contribution in [0.25, 0.3) is 0 Å². The molecule has 1 rings (SSSR count). The molecule has 0 saturated carbocycles. The highest BCUT2D eigenvalue weighted by Crippen LogP contribution is 2.28. The maximum Gasteiger partial charge on any atom is 0.162 e. The molecule has 17 heavy (non-hydrogen) atoms. The van der Waals surface area contributed by atoms with Crippen LogP contribution in [0.2, 0.25) is 0 Å². The van der Waals surface area contributed by atoms with Gasteiger partial charge >= 0.3 is 0 Å². The first-order valence-corrected chi connectivity index (χ1v) is 6.64. The molecule has 0 aliphatic carbocycles. The molecule has 1 atom stereocenters. The molecular formula is C13H16BrNO2. The molecule has 92 valence electrons. The minimum atomic E-state index is 0.482. The van der Waals surface area contributed by atoms with Crippen molar-refractivity contribution in [3.05, 3.63) is 23.8 Å². The predicted molar refractivity (Wildman–Crippen MR) is 70.8 cm³/mol. The van der Waals surface area contributed by atoms with E-state index in [0.29, 0.717) is 29.6 Å². The summed E-state index contributed by atoms with van der Waals surface area (Å²) in [6.07, 6.45) is 1.06. The first-order chi connectivity index (χ1) is 8.24. The zero-order valence-corrected chi connectivity index (χ0v) is 11.7. The smallest absolute Gasteiger partial charge is 0.162 e. The fourth-order valence-electron chi connectivity index (χ4n) is 1.34. The molecule has 0 amide bonds. The van der Waals surface area contributed by atoms with Gasteiger partial charge in [-0.3, -0.25) is 0 Å². The van der Waals surface area contributed by atoms with Crippen LogP contribution in [0.4, 0.5) is 0 Å². The Morgan fingerprint density at radius 2 is 2.18 bits per heavy atom. The van der Waals surface area contributed by atoms with Crippen molar-refractivity contribution >= 4 is 15.9 Å². The van der Waals surface area contributed by atoms with Crippen LogP contribution in [0.15, 0.2) is 18.2 Å². The standard InChI is InChI=1S/C13H16BrNO2/c1-3-10(7-14)9-17-12-5-4-11(8-15)6-13(12)16-2/h4-6,10H,3,7,9H2,1-2H3. The fraction of sp³-hybridized carbons (Fsp3) is 0.462. The lowest BCUT2D eigenvalue weighted by Crippen LogP contribution is -2.12. The highest BCUT2D eigenvalue weighted by molar-refractivity contribution is 9.09. The van der Waals surface area contributed by atoms with Crippen molar-refractivity contribution in [3.8, 4) is 17.6 Å². The Labute approximate surface area is 110 Å². The topological polar surface area (TPSA) is 42.2 Å². The summed E-state index contributed by atoms with van der Waals surface area (Å²) in [6, 6.07) is 7.26. The normalized spacial score (nSPS) is 11.6. The van der Waals surface area contributed by atoms with Gasteiger partial charge in [-0.25, -0.2) is 0 Å². The summed E-state index contributed by atoms with van der Waals surface area (Å²) >= 11 is 3.45. The highest BCUT2D eigenvalue weighted by atomic mass is 79.9. The number of halogens is 1. The number of benzene rings is 1. The first-order valence-electron chi connectivity index (χ1n) is 5.52. The minimum absolute atomic E-state index is 0.482. The summed E-state index contributed by atoms with van der Waals surface area (Å²) in [4.78, 5) is 0. The second-order valence-electron chi connectivity index (χ2n) is 3.72. The molecule has 0 aliphatic rings. The van der Waals surface area contributed by atoms with Crippen molar-refractivity contribution in [2.75, 3.05) is 19.0 Å². The molecule has 0 heterocycles. The third-order valence-corrected chi connectivity index (χ3v) is 3.48. The molecule has 1 aromatic rings. The molecule has 0 spiro atoms. The number of hydrogen-bond donors (Lipinski definition) is 0. The molecular weight excluding hydrogens is 282 g/mol. The van der Waals surface area contributed by atoms with Gasteiger partial charge in [-0.2, -0.15) is 5.26 Å². The third-order valence-electron chi connectivity index (χ3n) is 2.56. The Bertz CT molecular complexity index is 397. The minimum Gasteiger partial charge on any atom is -0.493 e. The van der Waals surface area contributed by atoms with Gasteiger partial charge in [-0.05, 0) is 18.6 Å². The number of rotatable bonds is 6. The van der Waals surface area contributed by atoms with Crippen molar-refractivity contribution in [1.82, 2.24) is 0 Å². The van der Waals surface area contributed by atoms with Crippen LogP contribution in [0, 0.1) is 17.2 Å². The van der Waals surface area contributed by atoms with E-state index in [1.54, 1.807) is 25.3 Å². The maximum atomic E-state index is 8.79. The Hall–Kier alpha value is -1.21. The number of nitriles is 1. The maximum absolute atomic E-state index is 8.79. The Balaban J connectivity index is 2.74. The van der Waals surface area contributed by atoms with E-state index in [4.69, 9.17) is 14.7 Å². The second kappa shape index (κ2) is 7.18. The summed E-state index contributed by atoms with van der Waals surface area (Å²) in [6.45, 7) is 2.77. The molecule has 3 nitrogen and oxygen atoms in total. The second-order valence-corrected chi connectivity index (χ2v) is 4.36. The van der Waals surface area contributed by atoms with Gasteiger partial charge in [-0.15, -0.1) is 0 Å². The van der Waals surface area contributed by atoms with Crippen molar-refractivity contribution in [1.29, 1.82) is 5.26 Å². The van der Waals surface area contributed by atoms with Crippen molar-refractivity contribution in [3.63, 3.8) is 0 Å². The number of nitrogens with zero attached hydrogens (tertiary/aromatic N) is 1. The van der Waals surface area contributed by atoms with E-state index < -0.39 is 0 Å². The fourth-order valence-corrected chi connectivity index (χ4v) is 1.98. The van der Waals surface area contributed by atoms with E-state index in [9.17, 15) is 0 Å². The number of alkyl halides is 1. The Morgan fingerprint density at radius 1 is 1.41 bits per heavy atom. The molecule has 0 bridgehead atoms. The van der Waals surface area contributed by atoms with Crippen LogP contribution in [0.1, 0.15) is 18.9 Å². The lowest BCUT2D eigenvalue weighted by Gasteiger charge is -2.15. The SMILES string of the molecule is CCC(CBr)COc1ccc(C#N)cc1OC. The van der Waals surface area contributed by atoms with E-state index in [2.05, 4.69) is 28.9 Å². The van der Waals surface area contributed by atoms with Gasteiger partial charge in [0.05, 0.1) is 25.3 Å². The van der Waals surface area contributed by atoms with Gasteiger partial charge in [0.1, 0.15) is 0 Å². The lowest BCUT2D eigenvalue weighted by molar-refractivity contribution is 0.247. The van der Waals surface area contributed by atoms with Crippen LogP contribution in [0.3, 0.4) is 0 Å². The summed E-state index contributed by atoms with van der Waals surface area (Å²) in [7, 11) is 1.57. The molecule has 0 N–H and O–H groups in total. The molecule has 0 radical (unpaired) electrons. The summed E-state index contributed by atoms with van der Waals surface area (Å²) in [5, 5.41) is 9.71. The zero-order valence-electron chi connectivity index (χ0n) is 10.1. The largest absolute Gasteiger partial charge is 0.493 e. The van der Waals surface area contributed by atoms with E-state index in [1.807, 2.05) is 0 Å². The van der Waals surface area contributed by atoms with Crippen molar-refractivity contribution in [2.45, 2.75) is 13.3 Å². The molecule has 0 aliphatic heterocycles. The van der Waals surface area contributed by atoms with E-state index >= 15 is 0 Å². The van der Waals surface area contributed by atoms with Crippen LogP contribution in [0.5, 0.6) is 11.5 Å². The lowest BCUT2D eigenvalue weighted by atomic mass is 10.1. The van der Waals surface area contributed by atoms with Crippen molar-refractivity contribution < 1.29 is 9.47 Å². The number of ether oxygens (including phenoxy) is 2. The first kappa shape index (κ1) is 13.9. The van der Waals surface area contributed by atoms with Gasteiger partial charge in [-0.1, -0.05) is 22.9 Å². The quantitative estimate of drug-likeness (QED) is 0.756. The van der Waals surface area contributed by atoms with Crippen LogP contribution < -0.4 is 9.47 Å². The zero-order chi connectivity index (χ0) is 12.7. The van der Waals surface area contributed by atoms with Gasteiger partial charge < -0.3 is 9.47 Å². The molecule has 1 aromatic carbocycles. The monoisotopic (exact) mass is 297 g/mol. The Kier molecular flexibility index (Phi) is 5.85. The summed E-state index contributed by atoms with van der Waals surface area (Å²) < 4.78 is 10.9. The van der Waals surface area contributed by atoms with Crippen LogP contribution in [-0.4, -0.2) is 19.0 Å². The van der Waals surface area contributed by atoms with Gasteiger partial charge in [0.15, 0.2) is 11.5 Å². The third kappa shape index (κ3) is 3.94.